The molecule has 0 aliphatic heterocycles. The summed E-state index contributed by atoms with van der Waals surface area (Å²) in [7, 11) is 1.79. The Hall–Kier alpha value is -1.26. The van der Waals surface area contributed by atoms with Crippen LogP contribution in [0.2, 0.25) is 0 Å². The summed E-state index contributed by atoms with van der Waals surface area (Å²) in [6, 6.07) is 0. The van der Waals surface area contributed by atoms with Gasteiger partial charge in [-0.3, -0.25) is 19.2 Å². The number of carbonyl (C=O) groups is 4. The molecule has 8 nitrogen and oxygen atoms in total. The highest BCUT2D eigenvalue weighted by Crippen LogP contribution is 2.47. The number of carboxylic acid groups (broad SMARTS) is 4. The zero-order chi connectivity index (χ0) is 33.8. The Morgan fingerprint density at radius 1 is 0.447 bits per heavy atom. The summed E-state index contributed by atoms with van der Waals surface area (Å²) in [6.07, 6.45) is 22.6. The van der Waals surface area contributed by atoms with Gasteiger partial charge in [-0.1, -0.05) is 51.4 Å². The van der Waals surface area contributed by atoms with E-state index >= 15 is 0 Å². The molecule has 4 aliphatic carbocycles. The monoisotopic (exact) mass is 696 g/mol. The van der Waals surface area contributed by atoms with Crippen LogP contribution in [0, 0.1) is 59.2 Å². The number of aliphatic carboxylic acids is 4. The lowest BCUT2D eigenvalue weighted by molar-refractivity contribution is -0.145. The van der Waals surface area contributed by atoms with Crippen molar-refractivity contribution in [2.75, 3.05) is 24.6 Å². The minimum Gasteiger partial charge on any atom is -0.481 e. The molecule has 4 aliphatic rings. The maximum absolute atomic E-state index is 11.8. The molecule has 0 heterocycles. The van der Waals surface area contributed by atoms with E-state index in [1.165, 1.54) is 18.7 Å². The average Bonchev–Trinajstić information content (AvgIpc) is 3.07. The van der Waals surface area contributed by atoms with E-state index in [1.54, 1.807) is 0 Å². The van der Waals surface area contributed by atoms with Crippen LogP contribution in [0.15, 0.2) is 0 Å². The lowest BCUT2D eigenvalue weighted by Crippen LogP contribution is -2.34. The van der Waals surface area contributed by atoms with Crippen LogP contribution in [0.3, 0.4) is 0 Å². The zero-order valence-electron chi connectivity index (χ0n) is 28.5. The maximum Gasteiger partial charge on any atom is 0.306 e. The first-order chi connectivity index (χ1) is 22.6. The molecular formula is C37H62O8P2. The van der Waals surface area contributed by atoms with E-state index in [0.29, 0.717) is 35.5 Å². The fourth-order valence-corrected chi connectivity index (χ4v) is 13.0. The highest BCUT2D eigenvalue weighted by molar-refractivity contribution is 7.39. The smallest absolute Gasteiger partial charge is 0.306 e. The Balaban J connectivity index is 1.21. The van der Waals surface area contributed by atoms with Crippen LogP contribution in [0.5, 0.6) is 0 Å². The molecule has 47 heavy (non-hydrogen) atoms. The van der Waals surface area contributed by atoms with Crippen molar-refractivity contribution >= 4 is 41.0 Å². The van der Waals surface area contributed by atoms with Gasteiger partial charge in [0, 0.05) is 0 Å². The molecule has 10 unspecified atom stereocenters. The van der Waals surface area contributed by atoms with Gasteiger partial charge >= 0.3 is 23.9 Å². The Labute approximate surface area is 286 Å². The highest BCUT2D eigenvalue weighted by Gasteiger charge is 2.40. The number of hydrogen-bond acceptors (Lipinski definition) is 4. The zero-order valence-corrected chi connectivity index (χ0v) is 30.5. The lowest BCUT2D eigenvalue weighted by Gasteiger charge is -2.40. The fraction of sp³-hybridized carbons (Fsp3) is 0.892. The summed E-state index contributed by atoms with van der Waals surface area (Å²) in [6.45, 7) is 0. The Bertz CT molecular complexity index is 876. The summed E-state index contributed by atoms with van der Waals surface area (Å²) in [4.78, 5) is 47.2. The van der Waals surface area contributed by atoms with E-state index in [0.717, 1.165) is 145 Å². The maximum atomic E-state index is 11.8. The van der Waals surface area contributed by atoms with Gasteiger partial charge in [0.2, 0.25) is 0 Å². The fourth-order valence-electron chi connectivity index (χ4n) is 10.2. The molecule has 0 saturated heterocycles. The van der Waals surface area contributed by atoms with E-state index in [1.807, 2.05) is 0 Å². The van der Waals surface area contributed by atoms with Crippen molar-refractivity contribution in [3.05, 3.63) is 0 Å². The van der Waals surface area contributed by atoms with Gasteiger partial charge in [-0.2, -0.15) is 0 Å². The van der Waals surface area contributed by atoms with Crippen molar-refractivity contribution in [1.29, 1.82) is 0 Å². The van der Waals surface area contributed by atoms with E-state index in [4.69, 9.17) is 0 Å². The number of rotatable bonds is 18. The standard InChI is InChI=1S/C37H62O8P2/c38-34(39)28-10-1-6-24(20-28)32(25-7-2-11-29(21-25)35(40)41)14-18-46-16-5-17-47-19-15-33(26-8-3-12-30(22-26)36(42)43)27-9-4-13-31(23-27)37(44)45/h24-33,46-47H,1-23H2,(H,38,39)(H,40,41)(H,42,43)(H,44,45). The van der Waals surface area contributed by atoms with Gasteiger partial charge in [0.15, 0.2) is 0 Å². The van der Waals surface area contributed by atoms with Crippen LogP contribution in [0.25, 0.3) is 0 Å². The van der Waals surface area contributed by atoms with E-state index in [-0.39, 0.29) is 23.7 Å². The molecule has 0 aromatic heterocycles. The average molecular weight is 697 g/mol. The van der Waals surface area contributed by atoms with Gasteiger partial charge in [0.25, 0.3) is 0 Å². The summed E-state index contributed by atoms with van der Waals surface area (Å²) >= 11 is 0. The molecule has 4 N–H and O–H groups in total. The molecule has 10 heteroatoms. The van der Waals surface area contributed by atoms with Crippen molar-refractivity contribution in [1.82, 2.24) is 0 Å². The van der Waals surface area contributed by atoms with Crippen LogP contribution >= 0.6 is 17.2 Å². The molecule has 4 saturated carbocycles. The predicted octanol–water partition coefficient (Wildman–Crippen LogP) is 8.31. The third kappa shape index (κ3) is 11.9. The quantitative estimate of drug-likeness (QED) is 0.0826. The summed E-state index contributed by atoms with van der Waals surface area (Å²) < 4.78 is 0. The van der Waals surface area contributed by atoms with Crippen molar-refractivity contribution in [3.63, 3.8) is 0 Å². The van der Waals surface area contributed by atoms with Crippen LogP contribution in [0.1, 0.15) is 122 Å². The van der Waals surface area contributed by atoms with Gasteiger partial charge in [-0.15, -0.1) is 17.2 Å². The minimum absolute atomic E-state index is 0.244. The van der Waals surface area contributed by atoms with Crippen molar-refractivity contribution < 1.29 is 39.6 Å². The van der Waals surface area contributed by atoms with E-state index in [2.05, 4.69) is 0 Å². The normalized spacial score (nSPS) is 33.5. The summed E-state index contributed by atoms with van der Waals surface area (Å²) in [5, 5.41) is 38.8. The first-order valence-electron chi connectivity index (χ1n) is 19.0. The third-order valence-corrected chi connectivity index (χ3v) is 15.4. The van der Waals surface area contributed by atoms with Crippen molar-refractivity contribution in [3.8, 4) is 0 Å². The molecular weight excluding hydrogens is 634 g/mol. The largest absolute Gasteiger partial charge is 0.481 e. The molecule has 0 bridgehead atoms. The SMILES string of the molecule is O=C(O)C1CCCC(C(CCPCCCPCCC(C2CCCC(C(=O)O)C2)C2CCCC(C(=O)O)C2)C2CCCC(C(=O)O)C2)C1. The Morgan fingerprint density at radius 2 is 0.723 bits per heavy atom. The lowest BCUT2D eigenvalue weighted by atomic mass is 9.65. The Morgan fingerprint density at radius 3 is 0.979 bits per heavy atom. The molecule has 4 rings (SSSR count). The third-order valence-electron chi connectivity index (χ3n) is 12.7. The minimum atomic E-state index is -0.666. The molecule has 0 spiro atoms. The molecule has 0 aromatic rings. The molecule has 0 aromatic carbocycles. The molecule has 0 amide bonds. The van der Waals surface area contributed by atoms with Gasteiger partial charge in [0.05, 0.1) is 23.7 Å². The second-order valence-corrected chi connectivity index (χ2v) is 18.6. The second kappa shape index (κ2) is 19.8. The number of carboxylic acids is 4. The molecule has 10 atom stereocenters. The van der Waals surface area contributed by atoms with Gasteiger partial charge in [-0.05, 0) is 131 Å². The van der Waals surface area contributed by atoms with Gasteiger partial charge in [-0.25, -0.2) is 0 Å². The van der Waals surface area contributed by atoms with E-state index < -0.39 is 23.9 Å². The molecule has 268 valence electrons. The number of hydrogen-bond donors (Lipinski definition) is 4. The summed E-state index contributed by atoms with van der Waals surface area (Å²) in [5.74, 6) is -1.10. The van der Waals surface area contributed by atoms with Crippen LogP contribution in [0.4, 0.5) is 0 Å². The second-order valence-electron chi connectivity index (χ2n) is 15.6. The van der Waals surface area contributed by atoms with Crippen molar-refractivity contribution in [2.45, 2.75) is 122 Å². The molecule has 4 fully saturated rings. The van der Waals surface area contributed by atoms with Gasteiger partial charge in [0.1, 0.15) is 0 Å². The van der Waals surface area contributed by atoms with Gasteiger partial charge < -0.3 is 20.4 Å². The first kappa shape index (κ1) is 38.5. The van der Waals surface area contributed by atoms with Crippen LogP contribution < -0.4 is 0 Å². The first-order valence-corrected chi connectivity index (χ1v) is 21.8. The van der Waals surface area contributed by atoms with Crippen LogP contribution in [-0.2, 0) is 19.2 Å². The van der Waals surface area contributed by atoms with Crippen molar-refractivity contribution in [2.24, 2.45) is 59.2 Å². The van der Waals surface area contributed by atoms with Crippen LogP contribution in [-0.4, -0.2) is 69.0 Å². The van der Waals surface area contributed by atoms with E-state index in [9.17, 15) is 39.6 Å². The highest BCUT2D eigenvalue weighted by atomic mass is 31.1. The summed E-state index contributed by atoms with van der Waals surface area (Å²) in [5.41, 5.74) is 0. The Kier molecular flexibility index (Phi) is 16.2. The molecule has 0 radical (unpaired) electrons. The predicted molar refractivity (Wildman–Crippen MR) is 189 cm³/mol. The topological polar surface area (TPSA) is 149 Å².